The summed E-state index contributed by atoms with van der Waals surface area (Å²) >= 11 is 0. The van der Waals surface area contributed by atoms with Gasteiger partial charge in [0, 0.05) is 5.41 Å². The first-order valence-electron chi connectivity index (χ1n) is 4.64. The molecule has 1 rings (SSSR count). The first-order chi connectivity index (χ1) is 6.46. The van der Waals surface area contributed by atoms with E-state index in [-0.39, 0.29) is 11.2 Å². The van der Waals surface area contributed by atoms with E-state index >= 15 is 0 Å². The van der Waals surface area contributed by atoms with Gasteiger partial charge in [-0.2, -0.15) is 0 Å². The van der Waals surface area contributed by atoms with E-state index in [0.29, 0.717) is 21.8 Å². The third-order valence-corrected chi connectivity index (χ3v) is 2.47. The maximum absolute atomic E-state index is 12.0. The normalized spacial score (nSPS) is 11.4. The molecule has 0 aliphatic heterocycles. The lowest BCUT2D eigenvalue weighted by Crippen LogP contribution is -2.20. The second-order valence-corrected chi connectivity index (χ2v) is 4.69. The summed E-state index contributed by atoms with van der Waals surface area (Å²) in [5.41, 5.74) is 0.339. The molecule has 0 N–H and O–H groups in total. The topological polar surface area (TPSA) is 26.3 Å². The lowest BCUT2D eigenvalue weighted by atomic mass is 9.86. The Kier molecular flexibility index (Phi) is 3.11. The molecule has 0 aliphatic rings. The molecule has 3 heteroatoms. The van der Waals surface area contributed by atoms with Crippen LogP contribution < -0.4 is 4.43 Å². The van der Waals surface area contributed by atoms with Crippen LogP contribution in [0.2, 0.25) is 0 Å². The number of benzene rings is 1. The minimum Gasteiger partial charge on any atom is -0.553 e. The fraction of sp³-hybridized carbons (Fsp3) is 0.364. The highest BCUT2D eigenvalue weighted by atomic mass is 28.2. The SMILES string of the molecule is CC(C)(C)C(=O)c1ccccc1O[SiH3]. The van der Waals surface area contributed by atoms with Crippen LogP contribution in [0.5, 0.6) is 5.75 Å². The van der Waals surface area contributed by atoms with Gasteiger partial charge in [-0.25, -0.2) is 0 Å². The summed E-state index contributed by atoms with van der Waals surface area (Å²) in [4.78, 5) is 12.0. The Labute approximate surface area is 87.8 Å². The van der Waals surface area contributed by atoms with E-state index in [1.54, 1.807) is 0 Å². The van der Waals surface area contributed by atoms with E-state index in [4.69, 9.17) is 4.43 Å². The van der Waals surface area contributed by atoms with E-state index < -0.39 is 0 Å². The van der Waals surface area contributed by atoms with Crippen LogP contribution in [0, 0.1) is 5.41 Å². The maximum Gasteiger partial charge on any atom is 0.204 e. The minimum absolute atomic E-state index is 0.129. The molecule has 0 saturated heterocycles. The molecule has 1 aromatic rings. The Morgan fingerprint density at radius 3 is 2.36 bits per heavy atom. The molecule has 0 radical (unpaired) electrons. The van der Waals surface area contributed by atoms with Crippen molar-refractivity contribution < 1.29 is 9.22 Å². The van der Waals surface area contributed by atoms with Crippen molar-refractivity contribution in [2.75, 3.05) is 0 Å². The van der Waals surface area contributed by atoms with Crippen molar-refractivity contribution in [3.05, 3.63) is 29.8 Å². The highest BCUT2D eigenvalue weighted by Gasteiger charge is 2.24. The molecule has 0 fully saturated rings. The summed E-state index contributed by atoms with van der Waals surface area (Å²) in [6.07, 6.45) is 0. The van der Waals surface area contributed by atoms with Crippen molar-refractivity contribution in [2.45, 2.75) is 20.8 Å². The smallest absolute Gasteiger partial charge is 0.204 e. The largest absolute Gasteiger partial charge is 0.553 e. The molecule has 2 nitrogen and oxygen atoms in total. The van der Waals surface area contributed by atoms with Crippen LogP contribution in [-0.4, -0.2) is 16.3 Å². The van der Waals surface area contributed by atoms with Gasteiger partial charge in [0.2, 0.25) is 10.5 Å². The average Bonchev–Trinajstić information content (AvgIpc) is 2.15. The van der Waals surface area contributed by atoms with Gasteiger partial charge in [-0.1, -0.05) is 32.9 Å². The first kappa shape index (κ1) is 11.0. The highest BCUT2D eigenvalue weighted by Crippen LogP contribution is 2.26. The highest BCUT2D eigenvalue weighted by molar-refractivity contribution is 6.05. The lowest BCUT2D eigenvalue weighted by Gasteiger charge is -2.18. The predicted octanol–water partition coefficient (Wildman–Crippen LogP) is 1.57. The fourth-order valence-electron chi connectivity index (χ4n) is 1.24. The molecule has 0 saturated carbocycles. The molecule has 76 valence electrons. The molecular formula is C11H16O2Si. The molecule has 0 heterocycles. The second kappa shape index (κ2) is 3.96. The quantitative estimate of drug-likeness (QED) is 0.545. The van der Waals surface area contributed by atoms with Crippen molar-refractivity contribution in [1.29, 1.82) is 0 Å². The van der Waals surface area contributed by atoms with Crippen LogP contribution in [0.1, 0.15) is 31.1 Å². The predicted molar refractivity (Wildman–Crippen MR) is 60.8 cm³/mol. The summed E-state index contributed by atoms with van der Waals surface area (Å²) in [6, 6.07) is 7.41. The number of carbonyl (C=O) groups excluding carboxylic acids is 1. The molecule has 0 atom stereocenters. The zero-order chi connectivity index (χ0) is 10.8. The van der Waals surface area contributed by atoms with E-state index in [2.05, 4.69) is 0 Å². The monoisotopic (exact) mass is 208 g/mol. The second-order valence-electron chi connectivity index (χ2n) is 4.28. The van der Waals surface area contributed by atoms with Crippen LogP contribution in [-0.2, 0) is 0 Å². The van der Waals surface area contributed by atoms with Gasteiger partial charge in [0.05, 0.1) is 5.56 Å². The summed E-state index contributed by atoms with van der Waals surface area (Å²) < 4.78 is 5.28. The van der Waals surface area contributed by atoms with Gasteiger partial charge in [0.15, 0.2) is 5.78 Å². The average molecular weight is 208 g/mol. The number of Topliss-reactive ketones (excluding diaryl/α,β-unsaturated/α-hetero) is 1. The summed E-state index contributed by atoms with van der Waals surface area (Å²) in [5.74, 6) is 0.836. The van der Waals surface area contributed by atoms with Gasteiger partial charge in [0.25, 0.3) is 0 Å². The molecule has 1 aromatic carbocycles. The van der Waals surface area contributed by atoms with Gasteiger partial charge >= 0.3 is 0 Å². The van der Waals surface area contributed by atoms with Crippen molar-refractivity contribution >= 4 is 16.3 Å². The van der Waals surface area contributed by atoms with Crippen LogP contribution in [0.3, 0.4) is 0 Å². The Bertz CT molecular complexity index is 339. The van der Waals surface area contributed by atoms with Gasteiger partial charge in [-0.3, -0.25) is 4.79 Å². The maximum atomic E-state index is 12.0. The van der Waals surface area contributed by atoms with Crippen molar-refractivity contribution in [3.8, 4) is 5.75 Å². The summed E-state index contributed by atoms with van der Waals surface area (Å²) in [5, 5.41) is 0. The van der Waals surface area contributed by atoms with Crippen molar-refractivity contribution in [3.63, 3.8) is 0 Å². The molecule has 0 bridgehead atoms. The third-order valence-electron chi connectivity index (χ3n) is 2.03. The molecule has 0 aromatic heterocycles. The number of hydrogen-bond donors (Lipinski definition) is 0. The number of ketones is 1. The van der Waals surface area contributed by atoms with E-state index in [9.17, 15) is 4.79 Å². The van der Waals surface area contributed by atoms with Crippen LogP contribution in [0.4, 0.5) is 0 Å². The Hall–Kier alpha value is -1.09. The molecule has 0 spiro atoms. The number of hydrogen-bond acceptors (Lipinski definition) is 2. The molecular weight excluding hydrogens is 192 g/mol. The summed E-state index contributed by atoms with van der Waals surface area (Å²) in [6.45, 7) is 5.75. The van der Waals surface area contributed by atoms with Gasteiger partial charge < -0.3 is 4.43 Å². The standard InChI is InChI=1S/C11H16O2Si/c1-11(2,3)10(12)8-6-4-5-7-9(8)13-14/h4-7H,1-3,14H3. The fourth-order valence-corrected chi connectivity index (χ4v) is 1.59. The van der Waals surface area contributed by atoms with E-state index in [1.807, 2.05) is 45.0 Å². The van der Waals surface area contributed by atoms with E-state index in [1.165, 1.54) is 0 Å². The Morgan fingerprint density at radius 1 is 1.29 bits per heavy atom. The Morgan fingerprint density at radius 2 is 1.86 bits per heavy atom. The van der Waals surface area contributed by atoms with Gasteiger partial charge in [-0.15, -0.1) is 0 Å². The van der Waals surface area contributed by atoms with Crippen LogP contribution in [0.15, 0.2) is 24.3 Å². The molecule has 0 aliphatic carbocycles. The minimum atomic E-state index is -0.351. The van der Waals surface area contributed by atoms with Gasteiger partial charge in [-0.05, 0) is 12.1 Å². The van der Waals surface area contributed by atoms with E-state index in [0.717, 1.165) is 0 Å². The zero-order valence-electron chi connectivity index (χ0n) is 9.13. The zero-order valence-corrected chi connectivity index (χ0v) is 11.1. The third kappa shape index (κ3) is 2.23. The van der Waals surface area contributed by atoms with Crippen LogP contribution >= 0.6 is 0 Å². The van der Waals surface area contributed by atoms with Crippen molar-refractivity contribution in [1.82, 2.24) is 0 Å². The molecule has 0 amide bonds. The van der Waals surface area contributed by atoms with Crippen LogP contribution in [0.25, 0.3) is 0 Å². The number of rotatable bonds is 2. The first-order valence-corrected chi connectivity index (χ1v) is 5.46. The van der Waals surface area contributed by atoms with Crippen molar-refractivity contribution in [2.24, 2.45) is 5.41 Å². The number of para-hydroxylation sites is 1. The molecule has 14 heavy (non-hydrogen) atoms. The number of carbonyl (C=O) groups is 1. The summed E-state index contributed by atoms with van der Waals surface area (Å²) in [7, 11) is 0.606. The molecule has 0 unspecified atom stereocenters. The lowest BCUT2D eigenvalue weighted by molar-refractivity contribution is 0.0856. The van der Waals surface area contributed by atoms with Gasteiger partial charge in [0.1, 0.15) is 5.75 Å². The Balaban J connectivity index is 3.13.